The summed E-state index contributed by atoms with van der Waals surface area (Å²) in [5.74, 6) is 0.768. The summed E-state index contributed by atoms with van der Waals surface area (Å²) in [7, 11) is 0. The predicted molar refractivity (Wildman–Crippen MR) is 78.9 cm³/mol. The van der Waals surface area contributed by atoms with Crippen molar-refractivity contribution in [1.29, 1.82) is 0 Å². The first kappa shape index (κ1) is 14.6. The first-order valence-corrected chi connectivity index (χ1v) is 8.85. The molecule has 122 valence electrons. The van der Waals surface area contributed by atoms with E-state index in [1.165, 1.54) is 0 Å². The maximum atomic E-state index is 15.8. The molecule has 4 fully saturated rings. The van der Waals surface area contributed by atoms with Crippen LogP contribution < -0.4 is 0 Å². The van der Waals surface area contributed by atoms with E-state index in [-0.39, 0.29) is 29.2 Å². The smallest absolute Gasteiger partial charge is 0.306 e. The van der Waals surface area contributed by atoms with E-state index in [0.717, 1.165) is 32.1 Å². The number of ether oxygens (including phenoxy) is 1. The highest BCUT2D eigenvalue weighted by atomic mass is 19.1. The van der Waals surface area contributed by atoms with Crippen LogP contribution in [0.5, 0.6) is 0 Å². The molecule has 0 spiro atoms. The van der Waals surface area contributed by atoms with Crippen LogP contribution in [0, 0.1) is 23.7 Å². The number of halogens is 1. The first-order chi connectivity index (χ1) is 10.4. The molecule has 3 saturated carbocycles. The fourth-order valence-electron chi connectivity index (χ4n) is 6.11. The number of alkyl halides is 1. The Morgan fingerprint density at radius 3 is 2.68 bits per heavy atom. The van der Waals surface area contributed by atoms with E-state index in [9.17, 15) is 9.59 Å². The zero-order valence-electron chi connectivity index (χ0n) is 13.3. The van der Waals surface area contributed by atoms with Gasteiger partial charge in [-0.3, -0.25) is 9.59 Å². The SMILES string of the molecule is C[C@]12CC[C@H]3[C@@H](CC[C@@H]4CC(=O)CC[C@@]43F)[C@@H]1CCC(=O)O2. The van der Waals surface area contributed by atoms with Crippen molar-refractivity contribution in [3.05, 3.63) is 0 Å². The van der Waals surface area contributed by atoms with Gasteiger partial charge in [0.2, 0.25) is 0 Å². The molecular weight excluding hydrogens is 283 g/mol. The van der Waals surface area contributed by atoms with Crippen molar-refractivity contribution >= 4 is 11.8 Å². The molecule has 0 aromatic rings. The fourth-order valence-corrected chi connectivity index (χ4v) is 6.11. The minimum Gasteiger partial charge on any atom is -0.459 e. The van der Waals surface area contributed by atoms with Crippen molar-refractivity contribution in [2.75, 3.05) is 0 Å². The number of esters is 1. The van der Waals surface area contributed by atoms with Crippen LogP contribution in [0.2, 0.25) is 0 Å². The number of hydrogen-bond donors (Lipinski definition) is 0. The van der Waals surface area contributed by atoms with Crippen molar-refractivity contribution in [3.63, 3.8) is 0 Å². The molecule has 0 aromatic heterocycles. The molecule has 4 rings (SSSR count). The molecule has 3 nitrogen and oxygen atoms in total. The zero-order valence-corrected chi connectivity index (χ0v) is 13.3. The van der Waals surface area contributed by atoms with E-state index in [1.54, 1.807) is 0 Å². The Morgan fingerprint density at radius 2 is 1.86 bits per heavy atom. The van der Waals surface area contributed by atoms with E-state index in [1.807, 2.05) is 6.92 Å². The largest absolute Gasteiger partial charge is 0.459 e. The summed E-state index contributed by atoms with van der Waals surface area (Å²) >= 11 is 0. The monoisotopic (exact) mass is 308 g/mol. The maximum Gasteiger partial charge on any atom is 0.306 e. The lowest BCUT2D eigenvalue weighted by Gasteiger charge is -2.58. The molecule has 6 atom stereocenters. The number of carbonyl (C=O) groups is 2. The number of fused-ring (bicyclic) bond motifs is 5. The van der Waals surface area contributed by atoms with Crippen LogP contribution in [0.1, 0.15) is 64.7 Å². The molecule has 1 heterocycles. The number of rotatable bonds is 0. The lowest BCUT2D eigenvalue weighted by atomic mass is 9.50. The maximum absolute atomic E-state index is 15.8. The van der Waals surface area contributed by atoms with E-state index >= 15 is 4.39 Å². The van der Waals surface area contributed by atoms with Gasteiger partial charge in [0.15, 0.2) is 0 Å². The number of carbonyl (C=O) groups excluding carboxylic acids is 2. The van der Waals surface area contributed by atoms with Gasteiger partial charge in [0.25, 0.3) is 0 Å². The van der Waals surface area contributed by atoms with Crippen molar-refractivity contribution < 1.29 is 18.7 Å². The average molecular weight is 308 g/mol. The standard InChI is InChI=1S/C18H25FO3/c1-17-8-7-15-13(14(17)4-5-16(21)22-17)3-2-11-10-12(20)6-9-18(11,15)19/h11,13-15H,2-10H2,1H3/t11-,13+,14+,15+,17+,18-/m1/s1. The molecule has 0 bridgehead atoms. The van der Waals surface area contributed by atoms with Gasteiger partial charge in [-0.05, 0) is 57.3 Å². The van der Waals surface area contributed by atoms with Gasteiger partial charge in [-0.2, -0.15) is 0 Å². The molecule has 22 heavy (non-hydrogen) atoms. The fraction of sp³-hybridized carbons (Fsp3) is 0.889. The van der Waals surface area contributed by atoms with Gasteiger partial charge in [-0.15, -0.1) is 0 Å². The van der Waals surface area contributed by atoms with Crippen molar-refractivity contribution in [1.82, 2.24) is 0 Å². The number of Topliss-reactive ketones (excluding diaryl/α,β-unsaturated/α-hetero) is 1. The van der Waals surface area contributed by atoms with E-state index in [0.29, 0.717) is 37.5 Å². The van der Waals surface area contributed by atoms with Crippen molar-refractivity contribution in [3.8, 4) is 0 Å². The summed E-state index contributed by atoms with van der Waals surface area (Å²) in [6, 6.07) is 0. The van der Waals surface area contributed by atoms with Gasteiger partial charge in [-0.25, -0.2) is 4.39 Å². The molecular formula is C18H25FO3. The minimum atomic E-state index is -1.15. The van der Waals surface area contributed by atoms with Crippen molar-refractivity contribution in [2.24, 2.45) is 23.7 Å². The van der Waals surface area contributed by atoms with Crippen LogP contribution in [0.4, 0.5) is 4.39 Å². The van der Waals surface area contributed by atoms with Crippen LogP contribution in [0.15, 0.2) is 0 Å². The Bertz CT molecular complexity index is 518. The van der Waals surface area contributed by atoms with Gasteiger partial charge < -0.3 is 4.74 Å². The average Bonchev–Trinajstić information content (AvgIpc) is 2.46. The quantitative estimate of drug-likeness (QED) is 0.642. The zero-order chi connectivity index (χ0) is 15.5. The lowest BCUT2D eigenvalue weighted by molar-refractivity contribution is -0.205. The Kier molecular flexibility index (Phi) is 3.18. The van der Waals surface area contributed by atoms with Crippen LogP contribution in [-0.2, 0) is 14.3 Å². The highest BCUT2D eigenvalue weighted by Crippen LogP contribution is 2.60. The van der Waals surface area contributed by atoms with Gasteiger partial charge in [-0.1, -0.05) is 0 Å². The van der Waals surface area contributed by atoms with Crippen LogP contribution in [0.3, 0.4) is 0 Å². The highest BCUT2D eigenvalue weighted by Gasteiger charge is 2.61. The Hall–Kier alpha value is -0.930. The summed E-state index contributed by atoms with van der Waals surface area (Å²) in [4.78, 5) is 23.4. The van der Waals surface area contributed by atoms with Crippen LogP contribution in [0.25, 0.3) is 0 Å². The van der Waals surface area contributed by atoms with Crippen LogP contribution in [-0.4, -0.2) is 23.0 Å². The third-order valence-corrected chi connectivity index (χ3v) is 7.18. The first-order valence-electron chi connectivity index (χ1n) is 8.85. The van der Waals surface area contributed by atoms with E-state index < -0.39 is 5.67 Å². The van der Waals surface area contributed by atoms with Gasteiger partial charge >= 0.3 is 5.97 Å². The normalized spacial score (nSPS) is 51.4. The third kappa shape index (κ3) is 1.98. The molecule has 0 radical (unpaired) electrons. The summed E-state index contributed by atoms with van der Waals surface area (Å²) in [5.41, 5.74) is -1.54. The second-order valence-corrected chi connectivity index (χ2v) is 8.18. The number of hydrogen-bond acceptors (Lipinski definition) is 3. The van der Waals surface area contributed by atoms with Crippen LogP contribution >= 0.6 is 0 Å². The topological polar surface area (TPSA) is 43.4 Å². The molecule has 0 aromatic carbocycles. The second kappa shape index (κ2) is 4.78. The summed E-state index contributed by atoms with van der Waals surface area (Å²) in [6.45, 7) is 2.05. The third-order valence-electron chi connectivity index (χ3n) is 7.18. The Morgan fingerprint density at radius 1 is 1.05 bits per heavy atom. The van der Waals surface area contributed by atoms with Gasteiger partial charge in [0, 0.05) is 31.1 Å². The lowest BCUT2D eigenvalue weighted by Crippen LogP contribution is -2.60. The summed E-state index contributed by atoms with van der Waals surface area (Å²) in [5, 5.41) is 0. The Balaban J connectivity index is 1.62. The molecule has 0 amide bonds. The molecule has 0 N–H and O–H groups in total. The molecule has 1 aliphatic heterocycles. The number of ketones is 1. The van der Waals surface area contributed by atoms with E-state index in [2.05, 4.69) is 0 Å². The molecule has 1 saturated heterocycles. The summed E-state index contributed by atoms with van der Waals surface area (Å²) in [6.07, 6.45) is 5.98. The minimum absolute atomic E-state index is 0.0641. The Labute approximate surface area is 131 Å². The molecule has 4 aliphatic rings. The summed E-state index contributed by atoms with van der Waals surface area (Å²) < 4.78 is 21.5. The molecule has 4 heteroatoms. The predicted octanol–water partition coefficient (Wildman–Crippen LogP) is 3.60. The van der Waals surface area contributed by atoms with E-state index in [4.69, 9.17) is 4.74 Å². The second-order valence-electron chi connectivity index (χ2n) is 8.18. The molecule has 3 aliphatic carbocycles. The highest BCUT2D eigenvalue weighted by molar-refractivity contribution is 5.80. The van der Waals surface area contributed by atoms with Crippen molar-refractivity contribution in [2.45, 2.75) is 76.0 Å². The van der Waals surface area contributed by atoms with Gasteiger partial charge in [0.05, 0.1) is 0 Å². The van der Waals surface area contributed by atoms with Gasteiger partial charge in [0.1, 0.15) is 17.1 Å². The molecule has 0 unspecified atom stereocenters.